The average Bonchev–Trinajstić information content (AvgIpc) is 3.50. The first kappa shape index (κ1) is 23.2. The van der Waals surface area contributed by atoms with Gasteiger partial charge in [-0.2, -0.15) is 9.97 Å². The number of carbonyl (C=O) groups excluding carboxylic acids is 1. The minimum Gasteiger partial charge on any atom is -0.508 e. The van der Waals surface area contributed by atoms with E-state index >= 15 is 4.39 Å². The first-order valence-electron chi connectivity index (χ1n) is 13.1. The number of fused-ring (bicyclic) bond motifs is 4. The van der Waals surface area contributed by atoms with Crippen molar-refractivity contribution in [2.45, 2.75) is 31.3 Å². The molecule has 3 fully saturated rings. The molecule has 0 radical (unpaired) electrons. The molecule has 9 heteroatoms. The average molecular weight is 514 g/mol. The fourth-order valence-corrected chi connectivity index (χ4v) is 6.10. The number of aromatic nitrogens is 2. The van der Waals surface area contributed by atoms with E-state index in [1.807, 2.05) is 30.3 Å². The molecular weight excluding hydrogens is 485 g/mol. The lowest BCUT2D eigenvalue weighted by Crippen LogP contribution is -2.51. The maximum Gasteiger partial charge on any atom is 0.319 e. The van der Waals surface area contributed by atoms with Gasteiger partial charge in [-0.05, 0) is 47.4 Å². The van der Waals surface area contributed by atoms with Crippen molar-refractivity contribution >= 4 is 33.4 Å². The molecule has 8 nitrogen and oxygen atoms in total. The second-order valence-corrected chi connectivity index (χ2v) is 10.6. The Morgan fingerprint density at radius 2 is 1.84 bits per heavy atom. The second kappa shape index (κ2) is 9.09. The van der Waals surface area contributed by atoms with Crippen LogP contribution in [0, 0.1) is 11.7 Å². The van der Waals surface area contributed by atoms with Crippen molar-refractivity contribution in [3.63, 3.8) is 0 Å². The zero-order chi connectivity index (χ0) is 25.8. The number of aromatic hydroxyl groups is 1. The maximum absolute atomic E-state index is 16.4. The van der Waals surface area contributed by atoms with E-state index in [1.165, 1.54) is 0 Å². The summed E-state index contributed by atoms with van der Waals surface area (Å²) in [5.41, 5.74) is 1.13. The zero-order valence-corrected chi connectivity index (χ0v) is 20.8. The highest BCUT2D eigenvalue weighted by Crippen LogP contribution is 2.39. The number of phenolic OH excluding ortho intramolecular Hbond substituents is 1. The van der Waals surface area contributed by atoms with Gasteiger partial charge in [0.1, 0.15) is 17.1 Å². The van der Waals surface area contributed by atoms with E-state index in [0.29, 0.717) is 47.4 Å². The van der Waals surface area contributed by atoms with E-state index in [2.05, 4.69) is 20.5 Å². The minimum absolute atomic E-state index is 0.00374. The number of piperazine rings is 1. The molecule has 3 saturated heterocycles. The number of phenols is 1. The van der Waals surface area contributed by atoms with Crippen LogP contribution in [-0.2, 0) is 4.79 Å². The molecule has 38 heavy (non-hydrogen) atoms. The van der Waals surface area contributed by atoms with Gasteiger partial charge in [-0.3, -0.25) is 4.79 Å². The van der Waals surface area contributed by atoms with Crippen LogP contribution in [0.25, 0.3) is 32.8 Å². The van der Waals surface area contributed by atoms with E-state index < -0.39 is 5.82 Å². The molecule has 3 aliphatic heterocycles. The Morgan fingerprint density at radius 1 is 1.03 bits per heavy atom. The molecule has 4 aromatic rings. The molecule has 3 atom stereocenters. The van der Waals surface area contributed by atoms with Crippen molar-refractivity contribution in [3.8, 4) is 22.9 Å². The lowest BCUT2D eigenvalue weighted by Gasteiger charge is -2.34. The van der Waals surface area contributed by atoms with Crippen molar-refractivity contribution in [1.82, 2.24) is 20.6 Å². The molecule has 1 unspecified atom stereocenters. The van der Waals surface area contributed by atoms with Crippen LogP contribution in [0.4, 0.5) is 10.2 Å². The lowest BCUT2D eigenvalue weighted by molar-refractivity contribution is -0.119. The highest BCUT2D eigenvalue weighted by molar-refractivity contribution is 6.01. The van der Waals surface area contributed by atoms with Crippen LogP contribution < -0.4 is 20.3 Å². The smallest absolute Gasteiger partial charge is 0.319 e. The van der Waals surface area contributed by atoms with Gasteiger partial charge in [0, 0.05) is 55.0 Å². The molecule has 4 heterocycles. The number of ether oxygens (including phenoxy) is 1. The Bertz CT molecular complexity index is 1570. The summed E-state index contributed by atoms with van der Waals surface area (Å²) >= 11 is 0. The summed E-state index contributed by atoms with van der Waals surface area (Å²) in [6, 6.07) is 15.3. The highest BCUT2D eigenvalue weighted by Gasteiger charge is 2.34. The van der Waals surface area contributed by atoms with Crippen LogP contribution >= 0.6 is 0 Å². The van der Waals surface area contributed by atoms with Gasteiger partial charge in [0.05, 0.1) is 6.61 Å². The van der Waals surface area contributed by atoms with Crippen LogP contribution in [-0.4, -0.2) is 59.3 Å². The third-order valence-corrected chi connectivity index (χ3v) is 7.93. The summed E-state index contributed by atoms with van der Waals surface area (Å²) in [5, 5.41) is 19.1. The quantitative estimate of drug-likeness (QED) is 0.374. The number of nitrogens with one attached hydrogen (secondary N) is 2. The molecule has 0 saturated carbocycles. The lowest BCUT2D eigenvalue weighted by atomic mass is 9.96. The number of hydrogen-bond donors (Lipinski definition) is 3. The summed E-state index contributed by atoms with van der Waals surface area (Å²) in [6.45, 7) is 2.38. The van der Waals surface area contributed by atoms with Gasteiger partial charge >= 0.3 is 6.01 Å². The molecule has 7 rings (SSSR count). The summed E-state index contributed by atoms with van der Waals surface area (Å²) in [4.78, 5) is 23.1. The van der Waals surface area contributed by atoms with Crippen molar-refractivity contribution in [3.05, 3.63) is 54.3 Å². The Labute approximate surface area is 218 Å². The molecule has 3 N–H and O–H groups in total. The van der Waals surface area contributed by atoms with E-state index in [4.69, 9.17) is 9.72 Å². The minimum atomic E-state index is -0.484. The molecule has 1 aromatic heterocycles. The third kappa shape index (κ3) is 4.07. The monoisotopic (exact) mass is 513 g/mol. The Balaban J connectivity index is 1.35. The number of hydrogen-bond acceptors (Lipinski definition) is 7. The molecule has 3 aromatic carbocycles. The number of carbonyl (C=O) groups is 1. The fraction of sp³-hybridized carbons (Fsp3) is 0.345. The van der Waals surface area contributed by atoms with Crippen molar-refractivity contribution in [2.75, 3.05) is 31.1 Å². The number of amides is 1. The summed E-state index contributed by atoms with van der Waals surface area (Å²) in [6.07, 6.45) is 2.61. The van der Waals surface area contributed by atoms with Crippen molar-refractivity contribution < 1.29 is 19.0 Å². The third-order valence-electron chi connectivity index (χ3n) is 7.93. The van der Waals surface area contributed by atoms with Crippen LogP contribution in [0.2, 0.25) is 0 Å². The Kier molecular flexibility index (Phi) is 5.54. The topological polar surface area (TPSA) is 99.6 Å². The number of nitrogens with zero attached hydrogens (tertiary/aromatic N) is 3. The van der Waals surface area contributed by atoms with E-state index in [9.17, 15) is 9.90 Å². The summed E-state index contributed by atoms with van der Waals surface area (Å²) in [5.74, 6) is 0.276. The first-order valence-corrected chi connectivity index (χ1v) is 13.1. The van der Waals surface area contributed by atoms with Gasteiger partial charge < -0.3 is 25.4 Å². The van der Waals surface area contributed by atoms with Crippen LogP contribution in [0.3, 0.4) is 0 Å². The summed E-state index contributed by atoms with van der Waals surface area (Å²) < 4.78 is 22.4. The highest BCUT2D eigenvalue weighted by atomic mass is 19.1. The number of benzene rings is 3. The predicted octanol–water partition coefficient (Wildman–Crippen LogP) is 3.75. The van der Waals surface area contributed by atoms with E-state index in [1.54, 1.807) is 18.2 Å². The van der Waals surface area contributed by atoms with E-state index in [0.717, 1.165) is 36.7 Å². The Morgan fingerprint density at radius 3 is 2.63 bits per heavy atom. The van der Waals surface area contributed by atoms with Gasteiger partial charge in [-0.25, -0.2) is 4.39 Å². The van der Waals surface area contributed by atoms with E-state index in [-0.39, 0.29) is 35.7 Å². The standard InChI is InChI=1S/C29H28FN5O3/c30-26-22(24-11-20(36)10-17-3-1-2-4-21(17)24)7-8-23-27(26)33-29(38-15-16-9-25(37)31-12-16)34-28(23)35-13-18-5-6-19(14-35)32-18/h1-4,7-8,10-11,16,18-19,32,36H,5-6,9,12-15H2,(H,31,37)/t16?,18-,19+. The molecule has 0 aliphatic carbocycles. The van der Waals surface area contributed by atoms with Crippen LogP contribution in [0.5, 0.6) is 11.8 Å². The molecule has 3 aliphatic rings. The predicted molar refractivity (Wildman–Crippen MR) is 143 cm³/mol. The largest absolute Gasteiger partial charge is 0.508 e. The second-order valence-electron chi connectivity index (χ2n) is 10.6. The number of anilines is 1. The molecule has 2 bridgehead atoms. The SMILES string of the molecule is O=C1CC(COc2nc(N3C[C@H]4CC[C@@H](C3)N4)c3ccc(-c4cc(O)cc5ccccc45)c(F)c3n2)CN1. The first-order chi connectivity index (χ1) is 18.5. The van der Waals surface area contributed by atoms with Crippen LogP contribution in [0.15, 0.2) is 48.5 Å². The summed E-state index contributed by atoms with van der Waals surface area (Å²) in [7, 11) is 0. The molecule has 194 valence electrons. The van der Waals surface area contributed by atoms with Gasteiger partial charge in [-0.15, -0.1) is 0 Å². The molecular formula is C29H28FN5O3. The molecule has 1 amide bonds. The zero-order valence-electron chi connectivity index (χ0n) is 20.8. The van der Waals surface area contributed by atoms with Gasteiger partial charge in [0.2, 0.25) is 5.91 Å². The number of rotatable bonds is 5. The molecule has 0 spiro atoms. The normalized spacial score (nSPS) is 22.8. The van der Waals surface area contributed by atoms with Gasteiger partial charge in [0.25, 0.3) is 0 Å². The van der Waals surface area contributed by atoms with Crippen molar-refractivity contribution in [2.24, 2.45) is 5.92 Å². The Hall–Kier alpha value is -3.98. The van der Waals surface area contributed by atoms with Crippen molar-refractivity contribution in [1.29, 1.82) is 0 Å². The van der Waals surface area contributed by atoms with Crippen LogP contribution in [0.1, 0.15) is 19.3 Å². The van der Waals surface area contributed by atoms with Gasteiger partial charge in [-0.1, -0.05) is 30.3 Å². The van der Waals surface area contributed by atoms with Gasteiger partial charge in [0.15, 0.2) is 5.82 Å². The fourth-order valence-electron chi connectivity index (χ4n) is 6.10. The maximum atomic E-state index is 16.4. The number of halogens is 1.